The summed E-state index contributed by atoms with van der Waals surface area (Å²) in [6.07, 6.45) is -15.2. The first-order valence-corrected chi connectivity index (χ1v) is 14.3. The Labute approximate surface area is 258 Å². The molecular formula is C29H31F9N6O2. The quantitative estimate of drug-likeness (QED) is 0.237. The SMILES string of the molecule is CCC(CC)OC(=O)N1CCC[C@H](N(Cc2cc(C(F)(F)F)cc(C(F)(F)F)c2)c2nnn(C)n2)c2cc(C)c(C(F)(F)F)cc21. The summed E-state index contributed by atoms with van der Waals surface area (Å²) in [6, 6.07) is 2.14. The van der Waals surface area contributed by atoms with Crippen molar-refractivity contribution in [3.8, 4) is 0 Å². The highest BCUT2D eigenvalue weighted by Gasteiger charge is 2.40. The van der Waals surface area contributed by atoms with Gasteiger partial charge in [-0.25, -0.2) is 4.79 Å². The molecule has 1 aromatic heterocycles. The number of alkyl halides is 9. The monoisotopic (exact) mass is 666 g/mol. The van der Waals surface area contributed by atoms with Crippen molar-refractivity contribution in [3.63, 3.8) is 0 Å². The van der Waals surface area contributed by atoms with E-state index < -0.39 is 65.6 Å². The standard InChI is InChI=1S/C29H31F9N6O2/c1-5-20(6-2)46-26(45)43-9-7-8-23(21-10-16(3)22(14-24(21)43)29(36,37)38)44(25-39-41-42(4)40-25)15-17-11-18(27(30,31)32)13-19(12-17)28(33,34)35/h10-14,20,23H,5-9,15H2,1-4H3/t23-/m0/s1. The van der Waals surface area contributed by atoms with E-state index in [9.17, 15) is 44.3 Å². The summed E-state index contributed by atoms with van der Waals surface area (Å²) in [5, 5.41) is 11.8. The average Bonchev–Trinajstić information content (AvgIpc) is 3.30. The minimum atomic E-state index is -5.11. The number of anilines is 2. The third-order valence-electron chi connectivity index (χ3n) is 7.72. The number of tetrazole rings is 1. The second kappa shape index (κ2) is 13.0. The number of fused-ring (bicyclic) bond motifs is 1. The molecule has 17 heteroatoms. The lowest BCUT2D eigenvalue weighted by Crippen LogP contribution is -2.35. The van der Waals surface area contributed by atoms with E-state index in [1.807, 2.05) is 0 Å². The number of carbonyl (C=O) groups is 1. The van der Waals surface area contributed by atoms with Crippen LogP contribution >= 0.6 is 0 Å². The van der Waals surface area contributed by atoms with Crippen LogP contribution in [0.3, 0.4) is 0 Å². The first kappa shape index (κ1) is 34.8. The third-order valence-corrected chi connectivity index (χ3v) is 7.72. The Morgan fingerprint density at radius 2 is 1.57 bits per heavy atom. The molecule has 0 unspecified atom stereocenters. The van der Waals surface area contributed by atoms with Crippen LogP contribution in [0.5, 0.6) is 0 Å². The van der Waals surface area contributed by atoms with Gasteiger partial charge in [-0.1, -0.05) is 25.0 Å². The molecule has 8 nitrogen and oxygen atoms in total. The molecule has 0 radical (unpaired) electrons. The highest BCUT2D eigenvalue weighted by atomic mass is 19.4. The molecule has 2 heterocycles. The number of benzene rings is 2. The molecule has 0 saturated heterocycles. The molecular weight excluding hydrogens is 635 g/mol. The van der Waals surface area contributed by atoms with Gasteiger partial charge >= 0.3 is 24.6 Å². The molecule has 0 bridgehead atoms. The predicted molar refractivity (Wildman–Crippen MR) is 148 cm³/mol. The molecule has 1 amide bonds. The van der Waals surface area contributed by atoms with Gasteiger partial charge in [0.1, 0.15) is 6.10 Å². The second-order valence-corrected chi connectivity index (χ2v) is 11.0. The van der Waals surface area contributed by atoms with Crippen molar-refractivity contribution in [1.29, 1.82) is 0 Å². The van der Waals surface area contributed by atoms with E-state index in [2.05, 4.69) is 15.4 Å². The Morgan fingerprint density at radius 1 is 0.957 bits per heavy atom. The van der Waals surface area contributed by atoms with Crippen LogP contribution in [0.1, 0.15) is 79.0 Å². The Kier molecular flexibility index (Phi) is 9.83. The molecule has 2 aromatic carbocycles. The maximum atomic E-state index is 14.1. The van der Waals surface area contributed by atoms with Crippen LogP contribution in [0.15, 0.2) is 30.3 Å². The normalized spacial score (nSPS) is 16.0. The molecule has 0 spiro atoms. The Bertz CT molecular complexity index is 1520. The number of halogens is 9. The van der Waals surface area contributed by atoms with Gasteiger partial charge in [-0.2, -0.15) is 44.3 Å². The Balaban J connectivity index is 1.91. The number of rotatable bonds is 7. The van der Waals surface area contributed by atoms with Crippen LogP contribution in [0.4, 0.5) is 55.9 Å². The maximum absolute atomic E-state index is 14.1. The summed E-state index contributed by atoms with van der Waals surface area (Å²) in [4.78, 5) is 16.7. The van der Waals surface area contributed by atoms with Crippen LogP contribution in [-0.4, -0.2) is 38.9 Å². The molecule has 0 N–H and O–H groups in total. The molecule has 1 aliphatic heterocycles. The summed E-state index contributed by atoms with van der Waals surface area (Å²) in [5.74, 6) is -0.199. The zero-order valence-corrected chi connectivity index (χ0v) is 25.2. The van der Waals surface area contributed by atoms with E-state index >= 15 is 0 Å². The lowest BCUT2D eigenvalue weighted by atomic mass is 9.94. The number of hydrogen-bond acceptors (Lipinski definition) is 6. The van der Waals surface area contributed by atoms with Crippen molar-refractivity contribution in [2.45, 2.75) is 83.7 Å². The molecule has 0 fully saturated rings. The molecule has 4 rings (SSSR count). The zero-order valence-electron chi connectivity index (χ0n) is 25.2. The van der Waals surface area contributed by atoms with Gasteiger partial charge in [0.25, 0.3) is 5.95 Å². The summed E-state index contributed by atoms with van der Waals surface area (Å²) in [7, 11) is 1.39. The zero-order chi connectivity index (χ0) is 34.2. The molecule has 3 aromatic rings. The van der Waals surface area contributed by atoms with Crippen molar-refractivity contribution in [1.82, 2.24) is 20.2 Å². The average molecular weight is 667 g/mol. The molecule has 0 aliphatic carbocycles. The third kappa shape index (κ3) is 7.66. The number of ether oxygens (including phenoxy) is 1. The number of nitrogens with zero attached hydrogens (tertiary/aromatic N) is 6. The van der Waals surface area contributed by atoms with Crippen LogP contribution < -0.4 is 9.80 Å². The van der Waals surface area contributed by atoms with Crippen LogP contribution in [-0.2, 0) is 36.9 Å². The van der Waals surface area contributed by atoms with Gasteiger partial charge in [-0.15, -0.1) is 5.10 Å². The van der Waals surface area contributed by atoms with Crippen molar-refractivity contribution in [2.75, 3.05) is 16.3 Å². The lowest BCUT2D eigenvalue weighted by Gasteiger charge is -2.33. The Morgan fingerprint density at radius 3 is 2.07 bits per heavy atom. The molecule has 1 atom stereocenters. The van der Waals surface area contributed by atoms with Gasteiger partial charge in [0.15, 0.2) is 0 Å². The molecule has 252 valence electrons. The van der Waals surface area contributed by atoms with E-state index in [1.165, 1.54) is 24.9 Å². The first-order valence-electron chi connectivity index (χ1n) is 14.3. The number of carbonyl (C=O) groups excluding carboxylic acids is 1. The van der Waals surface area contributed by atoms with E-state index in [1.54, 1.807) is 13.8 Å². The minimum Gasteiger partial charge on any atom is -0.446 e. The van der Waals surface area contributed by atoms with Gasteiger partial charge in [0.05, 0.1) is 35.5 Å². The number of amides is 1. The largest absolute Gasteiger partial charge is 0.446 e. The van der Waals surface area contributed by atoms with Gasteiger partial charge < -0.3 is 9.64 Å². The maximum Gasteiger partial charge on any atom is 0.416 e. The summed E-state index contributed by atoms with van der Waals surface area (Å²) >= 11 is 0. The topological polar surface area (TPSA) is 76.4 Å². The molecule has 46 heavy (non-hydrogen) atoms. The Hall–Kier alpha value is -4.05. The van der Waals surface area contributed by atoms with Crippen LogP contribution in [0.25, 0.3) is 0 Å². The van der Waals surface area contributed by atoms with E-state index in [-0.39, 0.29) is 48.2 Å². The highest BCUT2D eigenvalue weighted by Crippen LogP contribution is 2.44. The first-order chi connectivity index (χ1) is 21.3. The van der Waals surface area contributed by atoms with Crippen molar-refractivity contribution >= 4 is 17.7 Å². The fourth-order valence-corrected chi connectivity index (χ4v) is 5.44. The van der Waals surface area contributed by atoms with Crippen molar-refractivity contribution < 1.29 is 49.0 Å². The summed E-state index contributed by atoms with van der Waals surface area (Å²) in [6.45, 7) is 4.09. The second-order valence-electron chi connectivity index (χ2n) is 11.0. The lowest BCUT2D eigenvalue weighted by molar-refractivity contribution is -0.143. The summed E-state index contributed by atoms with van der Waals surface area (Å²) in [5.41, 5.74) is -4.72. The van der Waals surface area contributed by atoms with Crippen LogP contribution in [0.2, 0.25) is 0 Å². The number of aryl methyl sites for hydroxylation is 2. The molecule has 0 saturated carbocycles. The smallest absolute Gasteiger partial charge is 0.416 e. The fraction of sp³-hybridized carbons (Fsp3) is 0.517. The number of aromatic nitrogens is 4. The predicted octanol–water partition coefficient (Wildman–Crippen LogP) is 8.25. The fourth-order valence-electron chi connectivity index (χ4n) is 5.44. The summed E-state index contributed by atoms with van der Waals surface area (Å²) < 4.78 is 130. The molecule has 1 aliphatic rings. The van der Waals surface area contributed by atoms with Crippen molar-refractivity contribution in [2.24, 2.45) is 7.05 Å². The van der Waals surface area contributed by atoms with Crippen molar-refractivity contribution in [3.05, 3.63) is 63.7 Å². The van der Waals surface area contributed by atoms with Gasteiger partial charge in [0, 0.05) is 13.1 Å². The minimum absolute atomic E-state index is 0.000738. The van der Waals surface area contributed by atoms with E-state index in [0.717, 1.165) is 15.8 Å². The van der Waals surface area contributed by atoms with Gasteiger partial charge in [-0.3, -0.25) is 4.90 Å². The van der Waals surface area contributed by atoms with Crippen LogP contribution in [0, 0.1) is 6.92 Å². The van der Waals surface area contributed by atoms with E-state index in [0.29, 0.717) is 25.0 Å². The van der Waals surface area contributed by atoms with Gasteiger partial charge in [0.2, 0.25) is 0 Å². The number of hydrogen-bond donors (Lipinski definition) is 0. The van der Waals surface area contributed by atoms with Gasteiger partial charge in [-0.05, 0) is 78.8 Å². The highest BCUT2D eigenvalue weighted by molar-refractivity contribution is 5.89. The van der Waals surface area contributed by atoms with E-state index in [4.69, 9.17) is 4.74 Å².